The second-order valence-corrected chi connectivity index (χ2v) is 14.8. The fourth-order valence-corrected chi connectivity index (χ4v) is 7.78. The van der Waals surface area contributed by atoms with Crippen LogP contribution in [-0.4, -0.2) is 50.4 Å². The van der Waals surface area contributed by atoms with E-state index in [0.717, 1.165) is 42.0 Å². The smallest absolute Gasteiger partial charge is 0.264 e. The molecule has 49 heavy (non-hydrogen) atoms. The molecule has 1 aliphatic carbocycles. The number of hydrogen-bond acceptors (Lipinski definition) is 5. The van der Waals surface area contributed by atoms with Gasteiger partial charge in [-0.25, -0.2) is 8.42 Å². The lowest BCUT2D eigenvalue weighted by atomic mass is 9.94. The first-order valence-corrected chi connectivity index (χ1v) is 18.7. The van der Waals surface area contributed by atoms with Gasteiger partial charge in [-0.2, -0.15) is 0 Å². The third-order valence-corrected chi connectivity index (χ3v) is 11.0. The van der Waals surface area contributed by atoms with Gasteiger partial charge in [-0.15, -0.1) is 0 Å². The van der Waals surface area contributed by atoms with Crippen LogP contribution in [0.4, 0.5) is 5.69 Å². The van der Waals surface area contributed by atoms with Crippen LogP contribution in [0, 0.1) is 0 Å². The van der Waals surface area contributed by atoms with Crippen molar-refractivity contribution in [2.75, 3.05) is 17.5 Å². The second-order valence-electron chi connectivity index (χ2n) is 12.1. The monoisotopic (exact) mass is 721 g/mol. The largest absolute Gasteiger partial charge is 0.494 e. The average Bonchev–Trinajstić information content (AvgIpc) is 3.11. The summed E-state index contributed by atoms with van der Waals surface area (Å²) in [6.45, 7) is 1.71. The summed E-state index contributed by atoms with van der Waals surface area (Å²) in [5.74, 6) is -0.292. The average molecular weight is 723 g/mol. The van der Waals surface area contributed by atoms with Gasteiger partial charge in [0.15, 0.2) is 0 Å². The summed E-state index contributed by atoms with van der Waals surface area (Å²) in [6, 6.07) is 28.0. The molecular formula is C38H41Cl2N3O5S. The number of nitrogens with one attached hydrogen (secondary N) is 1. The van der Waals surface area contributed by atoms with Crippen LogP contribution in [0.15, 0.2) is 108 Å². The molecule has 8 nitrogen and oxygen atoms in total. The molecule has 0 spiro atoms. The highest BCUT2D eigenvalue weighted by Crippen LogP contribution is 2.28. The summed E-state index contributed by atoms with van der Waals surface area (Å²) < 4.78 is 35.2. The maximum atomic E-state index is 14.7. The van der Waals surface area contributed by atoms with Gasteiger partial charge in [-0.3, -0.25) is 13.9 Å². The summed E-state index contributed by atoms with van der Waals surface area (Å²) in [7, 11) is -4.27. The van der Waals surface area contributed by atoms with Crippen LogP contribution >= 0.6 is 23.2 Å². The first-order chi connectivity index (χ1) is 23.7. The zero-order valence-corrected chi connectivity index (χ0v) is 29.8. The van der Waals surface area contributed by atoms with Crippen LogP contribution in [0.3, 0.4) is 0 Å². The Hall–Kier alpha value is -4.05. The summed E-state index contributed by atoms with van der Waals surface area (Å²) in [4.78, 5) is 30.4. The van der Waals surface area contributed by atoms with Gasteiger partial charge in [0.2, 0.25) is 11.8 Å². The van der Waals surface area contributed by atoms with E-state index in [9.17, 15) is 18.0 Å². The third-order valence-electron chi connectivity index (χ3n) is 8.64. The van der Waals surface area contributed by atoms with Gasteiger partial charge in [0.05, 0.1) is 17.2 Å². The Bertz CT molecular complexity index is 1800. The molecule has 1 fully saturated rings. The molecule has 258 valence electrons. The molecule has 4 aromatic carbocycles. The third kappa shape index (κ3) is 9.56. The zero-order chi connectivity index (χ0) is 34.8. The van der Waals surface area contributed by atoms with Crippen LogP contribution < -0.4 is 14.4 Å². The molecule has 5 rings (SSSR count). The van der Waals surface area contributed by atoms with Gasteiger partial charge in [0, 0.05) is 29.1 Å². The molecule has 2 amide bonds. The first-order valence-electron chi connectivity index (χ1n) is 16.5. The molecule has 4 aromatic rings. The highest BCUT2D eigenvalue weighted by atomic mass is 35.5. The summed E-state index contributed by atoms with van der Waals surface area (Å²) in [5.41, 5.74) is 1.75. The summed E-state index contributed by atoms with van der Waals surface area (Å²) in [6.07, 6.45) is 5.13. The van der Waals surface area contributed by atoms with E-state index in [4.69, 9.17) is 27.9 Å². The van der Waals surface area contributed by atoms with Gasteiger partial charge in [-0.05, 0) is 85.5 Å². The first kappa shape index (κ1) is 36.2. The molecule has 0 radical (unpaired) electrons. The van der Waals surface area contributed by atoms with Crippen LogP contribution in [0.25, 0.3) is 0 Å². The number of anilines is 1. The van der Waals surface area contributed by atoms with Crippen LogP contribution in [0.1, 0.15) is 50.2 Å². The van der Waals surface area contributed by atoms with Crippen molar-refractivity contribution in [1.82, 2.24) is 10.2 Å². The van der Waals surface area contributed by atoms with Crippen molar-refractivity contribution in [1.29, 1.82) is 0 Å². The van der Waals surface area contributed by atoms with E-state index < -0.39 is 28.5 Å². The van der Waals surface area contributed by atoms with E-state index in [0.29, 0.717) is 28.0 Å². The molecule has 0 heterocycles. The normalized spacial score (nSPS) is 14.1. The highest BCUT2D eigenvalue weighted by molar-refractivity contribution is 7.92. The molecule has 11 heteroatoms. The maximum Gasteiger partial charge on any atom is 0.264 e. The number of hydrogen-bond donors (Lipinski definition) is 1. The van der Waals surface area contributed by atoms with Crippen molar-refractivity contribution in [2.45, 2.75) is 69.0 Å². The molecule has 0 aliphatic heterocycles. The fraction of sp³-hybridized carbons (Fsp3) is 0.316. The number of benzene rings is 4. The van der Waals surface area contributed by atoms with Crippen molar-refractivity contribution in [3.05, 3.63) is 124 Å². The summed E-state index contributed by atoms with van der Waals surface area (Å²) >= 11 is 12.7. The number of nitrogens with zero attached hydrogens (tertiary/aromatic N) is 2. The minimum Gasteiger partial charge on any atom is -0.494 e. The molecular weight excluding hydrogens is 681 g/mol. The van der Waals surface area contributed by atoms with E-state index in [1.807, 2.05) is 43.3 Å². The molecule has 0 unspecified atom stereocenters. The highest BCUT2D eigenvalue weighted by Gasteiger charge is 2.35. The van der Waals surface area contributed by atoms with E-state index in [1.165, 1.54) is 29.2 Å². The second kappa shape index (κ2) is 17.1. The van der Waals surface area contributed by atoms with Crippen molar-refractivity contribution in [2.24, 2.45) is 0 Å². The van der Waals surface area contributed by atoms with Crippen molar-refractivity contribution in [3.8, 4) is 5.75 Å². The lowest BCUT2D eigenvalue weighted by Crippen LogP contribution is -2.55. The van der Waals surface area contributed by atoms with Crippen molar-refractivity contribution >= 4 is 50.7 Å². The van der Waals surface area contributed by atoms with Crippen LogP contribution in [-0.2, 0) is 32.6 Å². The van der Waals surface area contributed by atoms with Crippen LogP contribution in [0.5, 0.6) is 5.75 Å². The van der Waals surface area contributed by atoms with Crippen molar-refractivity contribution < 1.29 is 22.7 Å². The minimum atomic E-state index is -4.27. The van der Waals surface area contributed by atoms with Gasteiger partial charge in [-0.1, -0.05) is 91.0 Å². The van der Waals surface area contributed by atoms with Crippen LogP contribution in [0.2, 0.25) is 10.0 Å². The number of rotatable bonds is 14. The van der Waals surface area contributed by atoms with E-state index >= 15 is 0 Å². The SMILES string of the molecule is CCOc1ccc(N(CC(=O)N(Cc2ccccc2Cl)[C@@H](Cc2ccccc2)C(=O)NC2CCCCC2)S(=O)(=O)c2ccc(Cl)cc2)cc1. The van der Waals surface area contributed by atoms with Gasteiger partial charge < -0.3 is 15.0 Å². The Morgan fingerprint density at radius 3 is 2.16 bits per heavy atom. The Kier molecular flexibility index (Phi) is 12.6. The Morgan fingerprint density at radius 2 is 1.51 bits per heavy atom. The topological polar surface area (TPSA) is 96.0 Å². The lowest BCUT2D eigenvalue weighted by Gasteiger charge is -2.35. The molecule has 1 N–H and O–H groups in total. The number of sulfonamides is 1. The van der Waals surface area contributed by atoms with Gasteiger partial charge in [0.1, 0.15) is 18.3 Å². The molecule has 0 saturated heterocycles. The lowest BCUT2D eigenvalue weighted by molar-refractivity contribution is -0.140. The predicted octanol–water partition coefficient (Wildman–Crippen LogP) is 7.68. The zero-order valence-electron chi connectivity index (χ0n) is 27.4. The molecule has 0 bridgehead atoms. The summed E-state index contributed by atoms with van der Waals surface area (Å²) in [5, 5.41) is 4.03. The van der Waals surface area contributed by atoms with Gasteiger partial charge in [0.25, 0.3) is 10.0 Å². The number of carbonyl (C=O) groups is 2. The number of halogens is 2. The fourth-order valence-electron chi connectivity index (χ4n) is 6.05. The molecule has 1 aliphatic rings. The minimum absolute atomic E-state index is 0.00224. The number of amides is 2. The van der Waals surface area contributed by atoms with Crippen molar-refractivity contribution in [3.63, 3.8) is 0 Å². The number of ether oxygens (including phenoxy) is 1. The standard InChI is InChI=1S/C38H41Cl2N3O5S/c1-2-48-33-21-19-32(20-22-33)43(49(46,47)34-23-17-30(39)18-24-34)27-37(44)42(26-29-13-9-10-16-35(29)40)36(25-28-11-5-3-6-12-28)38(45)41-31-14-7-4-8-15-31/h3,5-6,9-13,16-24,31,36H,2,4,7-8,14-15,25-27H2,1H3,(H,41,45)/t36-/m0/s1. The Balaban J connectivity index is 1.57. The molecule has 1 saturated carbocycles. The van der Waals surface area contributed by atoms with Gasteiger partial charge >= 0.3 is 0 Å². The quantitative estimate of drug-likeness (QED) is 0.144. The number of carbonyl (C=O) groups excluding carboxylic acids is 2. The van der Waals surface area contributed by atoms with E-state index in [-0.39, 0.29) is 35.5 Å². The molecule has 1 atom stereocenters. The van der Waals surface area contributed by atoms with E-state index in [1.54, 1.807) is 42.5 Å². The Labute approximate surface area is 299 Å². The Morgan fingerprint density at radius 1 is 0.857 bits per heavy atom. The molecule has 0 aromatic heterocycles. The predicted molar refractivity (Wildman–Crippen MR) is 195 cm³/mol. The van der Waals surface area contributed by atoms with E-state index in [2.05, 4.69) is 5.32 Å². The maximum absolute atomic E-state index is 14.7.